The van der Waals surface area contributed by atoms with Crippen LogP contribution in [0.4, 0.5) is 0 Å². The lowest BCUT2D eigenvalue weighted by Crippen LogP contribution is -2.52. The molecule has 1 fully saturated rings. The Morgan fingerprint density at radius 2 is 2.11 bits per heavy atom. The van der Waals surface area contributed by atoms with Crippen molar-refractivity contribution in [3.05, 3.63) is 0 Å². The van der Waals surface area contributed by atoms with Crippen LogP contribution in [0.25, 0.3) is 0 Å². The Kier molecular flexibility index (Phi) is 7.34. The largest absolute Gasteiger partial charge is 0.462 e. The van der Waals surface area contributed by atoms with Crippen LogP contribution < -0.4 is 5.73 Å². The second-order valence-electron chi connectivity index (χ2n) is 5.45. The smallest absolute Gasteiger partial charge is 0.326 e. The summed E-state index contributed by atoms with van der Waals surface area (Å²) >= 11 is 0. The Balaban J connectivity index is 2.13. The van der Waals surface area contributed by atoms with Gasteiger partial charge in [-0.2, -0.15) is 0 Å². The van der Waals surface area contributed by atoms with Gasteiger partial charge in [-0.1, -0.05) is 19.8 Å². The second-order valence-corrected chi connectivity index (χ2v) is 5.45. The van der Waals surface area contributed by atoms with E-state index in [-0.39, 0.29) is 12.6 Å². The topological polar surface area (TPSA) is 70.8 Å². The first kappa shape index (κ1) is 16.4. The number of hydrogen-bond acceptors (Lipinski definition) is 5. The van der Waals surface area contributed by atoms with E-state index in [0.717, 1.165) is 32.1 Å². The van der Waals surface area contributed by atoms with Crippen LogP contribution in [0.15, 0.2) is 0 Å². The Labute approximate surface area is 115 Å². The van der Waals surface area contributed by atoms with Gasteiger partial charge in [0.05, 0.1) is 6.61 Å². The van der Waals surface area contributed by atoms with Crippen LogP contribution in [0, 0.1) is 5.92 Å². The van der Waals surface area contributed by atoms with E-state index in [1.165, 1.54) is 0 Å². The monoisotopic (exact) mass is 273 g/mol. The molecule has 0 aromatic heterocycles. The molecule has 5 heteroatoms. The third-order valence-electron chi connectivity index (χ3n) is 3.54. The molecule has 1 aliphatic rings. The van der Waals surface area contributed by atoms with Gasteiger partial charge in [-0.15, -0.1) is 0 Å². The fraction of sp³-hybridized carbons (Fsp3) is 0.929. The summed E-state index contributed by atoms with van der Waals surface area (Å²) in [5.41, 5.74) is 5.36. The summed E-state index contributed by atoms with van der Waals surface area (Å²) in [7, 11) is 1.66. The molecule has 0 saturated heterocycles. The zero-order valence-corrected chi connectivity index (χ0v) is 12.2. The van der Waals surface area contributed by atoms with E-state index in [0.29, 0.717) is 25.7 Å². The first-order valence-corrected chi connectivity index (χ1v) is 7.11. The van der Waals surface area contributed by atoms with E-state index >= 15 is 0 Å². The van der Waals surface area contributed by atoms with Gasteiger partial charge in [0.2, 0.25) is 0 Å². The van der Waals surface area contributed by atoms with Gasteiger partial charge in [0.25, 0.3) is 0 Å². The van der Waals surface area contributed by atoms with Crippen LogP contribution in [-0.4, -0.2) is 45.0 Å². The minimum Gasteiger partial charge on any atom is -0.462 e. The Bertz CT molecular complexity index is 272. The Morgan fingerprint density at radius 3 is 2.79 bits per heavy atom. The predicted molar refractivity (Wildman–Crippen MR) is 72.8 cm³/mol. The molecule has 2 unspecified atom stereocenters. The molecule has 1 rings (SSSR count). The van der Waals surface area contributed by atoms with Crippen LogP contribution in [0.2, 0.25) is 0 Å². The van der Waals surface area contributed by atoms with Crippen molar-refractivity contribution in [1.29, 1.82) is 0 Å². The first-order valence-electron chi connectivity index (χ1n) is 7.11. The van der Waals surface area contributed by atoms with Crippen molar-refractivity contribution >= 4 is 5.97 Å². The number of esters is 1. The highest BCUT2D eigenvalue weighted by molar-refractivity contribution is 5.80. The highest BCUT2D eigenvalue weighted by atomic mass is 16.6. The normalized spacial score (nSPS) is 27.2. The highest BCUT2D eigenvalue weighted by Gasteiger charge is 2.39. The maximum atomic E-state index is 12.0. The van der Waals surface area contributed by atoms with Gasteiger partial charge in [0.1, 0.15) is 12.1 Å². The molecule has 2 N–H and O–H groups in total. The molecule has 0 aliphatic heterocycles. The molecule has 2 atom stereocenters. The van der Waals surface area contributed by atoms with Crippen LogP contribution in [0.3, 0.4) is 0 Å². The number of ether oxygens (including phenoxy) is 3. The summed E-state index contributed by atoms with van der Waals surface area (Å²) in [5, 5.41) is 0. The van der Waals surface area contributed by atoms with Gasteiger partial charge in [-0.3, -0.25) is 4.79 Å². The van der Waals surface area contributed by atoms with Gasteiger partial charge >= 0.3 is 5.97 Å². The molecule has 0 aromatic carbocycles. The van der Waals surface area contributed by atoms with Crippen molar-refractivity contribution in [2.75, 3.05) is 33.5 Å². The lowest BCUT2D eigenvalue weighted by atomic mass is 9.77. The second kappa shape index (κ2) is 8.51. The zero-order chi connectivity index (χ0) is 14.1. The van der Waals surface area contributed by atoms with E-state index in [9.17, 15) is 4.79 Å². The molecule has 0 spiro atoms. The third kappa shape index (κ3) is 5.89. The summed E-state index contributed by atoms with van der Waals surface area (Å²) in [6.07, 6.45) is 4.45. The summed E-state index contributed by atoms with van der Waals surface area (Å²) in [4.78, 5) is 12.0. The number of methoxy groups -OCH3 is 1. The molecular weight excluding hydrogens is 246 g/mol. The summed E-state index contributed by atoms with van der Waals surface area (Å²) in [6, 6.07) is 0. The van der Waals surface area contributed by atoms with E-state index in [2.05, 4.69) is 6.92 Å². The highest BCUT2D eigenvalue weighted by Crippen LogP contribution is 2.31. The van der Waals surface area contributed by atoms with Crippen molar-refractivity contribution in [3.63, 3.8) is 0 Å². The van der Waals surface area contributed by atoms with Crippen molar-refractivity contribution in [1.82, 2.24) is 0 Å². The quantitative estimate of drug-likeness (QED) is 0.536. The first-order chi connectivity index (χ1) is 9.08. The molecule has 5 nitrogen and oxygen atoms in total. The molecule has 1 aliphatic carbocycles. The molecule has 0 bridgehead atoms. The average Bonchev–Trinajstić information content (AvgIpc) is 2.37. The molecule has 0 heterocycles. The van der Waals surface area contributed by atoms with Gasteiger partial charge in [0.15, 0.2) is 0 Å². The number of hydrogen-bond donors (Lipinski definition) is 1. The SMILES string of the molecule is COCCCOCCOC(=O)C1(N)CCCC(C)C1. The molecule has 1 saturated carbocycles. The van der Waals surface area contributed by atoms with Gasteiger partial charge in [0, 0.05) is 20.3 Å². The zero-order valence-electron chi connectivity index (χ0n) is 12.2. The van der Waals surface area contributed by atoms with Crippen molar-refractivity contribution in [2.45, 2.75) is 44.6 Å². The summed E-state index contributed by atoms with van der Waals surface area (Å²) in [5.74, 6) is 0.219. The molecule has 19 heavy (non-hydrogen) atoms. The van der Waals surface area contributed by atoms with Crippen molar-refractivity contribution in [3.8, 4) is 0 Å². The number of rotatable bonds is 8. The van der Waals surface area contributed by atoms with Crippen LogP contribution in [0.5, 0.6) is 0 Å². The van der Waals surface area contributed by atoms with Crippen molar-refractivity contribution < 1.29 is 19.0 Å². The molecule has 0 radical (unpaired) electrons. The van der Waals surface area contributed by atoms with E-state index in [1.807, 2.05) is 0 Å². The van der Waals surface area contributed by atoms with E-state index in [4.69, 9.17) is 19.9 Å². The average molecular weight is 273 g/mol. The molecule has 0 aromatic rings. The third-order valence-corrected chi connectivity index (χ3v) is 3.54. The van der Waals surface area contributed by atoms with Crippen LogP contribution in [-0.2, 0) is 19.0 Å². The van der Waals surface area contributed by atoms with Gasteiger partial charge in [-0.25, -0.2) is 0 Å². The van der Waals surface area contributed by atoms with Gasteiger partial charge < -0.3 is 19.9 Å². The molecule has 0 amide bonds. The van der Waals surface area contributed by atoms with Crippen LogP contribution in [0.1, 0.15) is 39.0 Å². The lowest BCUT2D eigenvalue weighted by molar-refractivity contribution is -0.153. The number of carbonyl (C=O) groups excluding carboxylic acids is 1. The van der Waals surface area contributed by atoms with Crippen LogP contribution >= 0.6 is 0 Å². The molecular formula is C14H27NO4. The minimum absolute atomic E-state index is 0.277. The van der Waals surface area contributed by atoms with E-state index < -0.39 is 5.54 Å². The predicted octanol–water partition coefficient (Wildman–Crippen LogP) is 1.49. The fourth-order valence-corrected chi connectivity index (χ4v) is 2.52. The van der Waals surface area contributed by atoms with Gasteiger partial charge in [-0.05, 0) is 25.2 Å². The van der Waals surface area contributed by atoms with E-state index in [1.54, 1.807) is 7.11 Å². The maximum Gasteiger partial charge on any atom is 0.326 e. The summed E-state index contributed by atoms with van der Waals surface area (Å²) < 4.78 is 15.5. The Hall–Kier alpha value is -0.650. The molecule has 112 valence electrons. The lowest BCUT2D eigenvalue weighted by Gasteiger charge is -2.34. The minimum atomic E-state index is -0.784. The standard InChI is InChI=1S/C14H27NO4/c1-12-5-3-6-14(15,11-12)13(16)19-10-9-18-8-4-7-17-2/h12H,3-11,15H2,1-2H3. The number of carbonyl (C=O) groups is 1. The fourth-order valence-electron chi connectivity index (χ4n) is 2.52. The van der Waals surface area contributed by atoms with Crippen molar-refractivity contribution in [2.24, 2.45) is 11.7 Å². The maximum absolute atomic E-state index is 12.0. The number of nitrogens with two attached hydrogens (primary N) is 1. The summed E-state index contributed by atoms with van der Waals surface area (Å²) in [6.45, 7) is 4.13. The Morgan fingerprint density at radius 1 is 1.32 bits per heavy atom.